The van der Waals surface area contributed by atoms with Gasteiger partial charge in [-0.15, -0.1) is 0 Å². The highest BCUT2D eigenvalue weighted by molar-refractivity contribution is 5.88. The van der Waals surface area contributed by atoms with Gasteiger partial charge in [0.05, 0.1) is 17.1 Å². The van der Waals surface area contributed by atoms with Gasteiger partial charge in [0.2, 0.25) is 0 Å². The van der Waals surface area contributed by atoms with E-state index in [4.69, 9.17) is 0 Å². The number of rotatable bonds is 4. The smallest absolute Gasteiger partial charge is 0.310 e. The van der Waals surface area contributed by atoms with Gasteiger partial charge in [-0.3, -0.25) is 4.79 Å². The van der Waals surface area contributed by atoms with Crippen LogP contribution in [0, 0.1) is 0 Å². The normalized spacial score (nSPS) is 12.6. The number of benzene rings is 3. The Morgan fingerprint density at radius 2 is 1.63 bits per heavy atom. The summed E-state index contributed by atoms with van der Waals surface area (Å²) in [5.74, 6) is -1.32. The van der Waals surface area contributed by atoms with Gasteiger partial charge in [-0.1, -0.05) is 60.7 Å². The fourth-order valence-corrected chi connectivity index (χ4v) is 3.15. The minimum atomic E-state index is -0.809. The molecule has 3 nitrogen and oxygen atoms in total. The quantitative estimate of drug-likeness (QED) is 0.508. The van der Waals surface area contributed by atoms with Crippen LogP contribution in [-0.2, 0) is 4.79 Å². The Morgan fingerprint density at radius 1 is 0.889 bits per heavy atom. The van der Waals surface area contributed by atoms with Crippen molar-refractivity contribution in [3.8, 4) is 0 Å². The molecule has 4 rings (SSSR count). The number of hydrogen-bond donors (Lipinski definition) is 1. The fraction of sp³-hybridized carbons (Fsp3) is 0.0833. The molecule has 0 saturated carbocycles. The number of nitrogens with zero attached hydrogens (tertiary/aromatic N) is 1. The molecule has 132 valence electrons. The molecule has 3 aromatic carbocycles. The van der Waals surface area contributed by atoms with E-state index in [9.17, 15) is 9.90 Å². The van der Waals surface area contributed by atoms with Crippen LogP contribution in [0.4, 0.5) is 0 Å². The van der Waals surface area contributed by atoms with Crippen LogP contribution >= 0.6 is 0 Å². The standard InChI is InChI=1S/C24H19NO2/c1-16(24(26)27)19-9-10-20-14-17(6-8-21(20)15-19)7-12-22-13-11-18-4-2-3-5-23(18)25-22/h2-16H,1H3,(H,26,27). The van der Waals surface area contributed by atoms with Crippen LogP contribution in [0.5, 0.6) is 0 Å². The molecule has 0 aliphatic carbocycles. The molecule has 0 saturated heterocycles. The van der Waals surface area contributed by atoms with Crippen molar-refractivity contribution in [3.05, 3.63) is 89.6 Å². The fourth-order valence-electron chi connectivity index (χ4n) is 3.15. The third-order valence-electron chi connectivity index (χ3n) is 4.83. The minimum absolute atomic E-state index is 0.507. The number of para-hydroxylation sites is 1. The number of carbonyl (C=O) groups is 1. The lowest BCUT2D eigenvalue weighted by Gasteiger charge is -2.08. The van der Waals surface area contributed by atoms with Crippen molar-refractivity contribution in [2.24, 2.45) is 0 Å². The first kappa shape index (κ1) is 17.0. The molecule has 1 N–H and O–H groups in total. The molecular formula is C24H19NO2. The van der Waals surface area contributed by atoms with Crippen LogP contribution in [0.2, 0.25) is 0 Å². The predicted molar refractivity (Wildman–Crippen MR) is 111 cm³/mol. The highest BCUT2D eigenvalue weighted by atomic mass is 16.4. The van der Waals surface area contributed by atoms with Crippen LogP contribution in [0.15, 0.2) is 72.8 Å². The van der Waals surface area contributed by atoms with E-state index in [0.29, 0.717) is 0 Å². The highest BCUT2D eigenvalue weighted by Gasteiger charge is 2.13. The summed E-state index contributed by atoms with van der Waals surface area (Å²) >= 11 is 0. The first-order valence-corrected chi connectivity index (χ1v) is 8.90. The van der Waals surface area contributed by atoms with E-state index in [0.717, 1.165) is 38.5 Å². The lowest BCUT2D eigenvalue weighted by Crippen LogP contribution is -2.06. The van der Waals surface area contributed by atoms with Crippen molar-refractivity contribution in [2.75, 3.05) is 0 Å². The van der Waals surface area contributed by atoms with Crippen molar-refractivity contribution >= 4 is 39.8 Å². The molecule has 1 heterocycles. The molecule has 1 unspecified atom stereocenters. The first-order chi connectivity index (χ1) is 13.1. The third kappa shape index (κ3) is 3.58. The Kier molecular flexibility index (Phi) is 4.43. The zero-order chi connectivity index (χ0) is 18.8. The zero-order valence-electron chi connectivity index (χ0n) is 15.0. The van der Waals surface area contributed by atoms with E-state index >= 15 is 0 Å². The SMILES string of the molecule is CC(C(=O)O)c1ccc2cc(C=Cc3ccc4ccccc4n3)ccc2c1. The summed E-state index contributed by atoms with van der Waals surface area (Å²) in [6.45, 7) is 1.71. The molecular weight excluding hydrogens is 334 g/mol. The van der Waals surface area contributed by atoms with Gasteiger partial charge >= 0.3 is 5.97 Å². The summed E-state index contributed by atoms with van der Waals surface area (Å²) in [7, 11) is 0. The topological polar surface area (TPSA) is 50.2 Å². The van der Waals surface area contributed by atoms with Crippen molar-refractivity contribution in [2.45, 2.75) is 12.8 Å². The van der Waals surface area contributed by atoms with Crippen LogP contribution in [0.1, 0.15) is 29.7 Å². The number of carboxylic acids is 1. The van der Waals surface area contributed by atoms with Crippen molar-refractivity contribution in [1.82, 2.24) is 4.98 Å². The summed E-state index contributed by atoms with van der Waals surface area (Å²) in [5.41, 5.74) is 3.80. The second-order valence-electron chi connectivity index (χ2n) is 6.69. The molecule has 0 bridgehead atoms. The summed E-state index contributed by atoms with van der Waals surface area (Å²) in [4.78, 5) is 15.8. The zero-order valence-corrected chi connectivity index (χ0v) is 15.0. The monoisotopic (exact) mass is 353 g/mol. The van der Waals surface area contributed by atoms with Gasteiger partial charge in [0.15, 0.2) is 0 Å². The van der Waals surface area contributed by atoms with Gasteiger partial charge < -0.3 is 5.11 Å². The first-order valence-electron chi connectivity index (χ1n) is 8.90. The van der Waals surface area contributed by atoms with Crippen LogP contribution < -0.4 is 0 Å². The van der Waals surface area contributed by atoms with E-state index in [1.165, 1.54) is 0 Å². The molecule has 1 atom stereocenters. The summed E-state index contributed by atoms with van der Waals surface area (Å²) in [6, 6.07) is 24.1. The molecule has 27 heavy (non-hydrogen) atoms. The summed E-state index contributed by atoms with van der Waals surface area (Å²) < 4.78 is 0. The number of hydrogen-bond acceptors (Lipinski definition) is 2. The lowest BCUT2D eigenvalue weighted by molar-refractivity contribution is -0.138. The van der Waals surface area contributed by atoms with Crippen molar-refractivity contribution < 1.29 is 9.90 Å². The maximum Gasteiger partial charge on any atom is 0.310 e. The van der Waals surface area contributed by atoms with Crippen molar-refractivity contribution in [3.63, 3.8) is 0 Å². The average molecular weight is 353 g/mol. The predicted octanol–water partition coefficient (Wildman–Crippen LogP) is 5.75. The maximum absolute atomic E-state index is 11.2. The number of carboxylic acid groups (broad SMARTS) is 1. The van der Waals surface area contributed by atoms with E-state index in [2.05, 4.69) is 23.2 Å². The third-order valence-corrected chi connectivity index (χ3v) is 4.83. The molecule has 3 heteroatoms. The second-order valence-corrected chi connectivity index (χ2v) is 6.69. The number of fused-ring (bicyclic) bond motifs is 2. The van der Waals surface area contributed by atoms with Crippen LogP contribution in [-0.4, -0.2) is 16.1 Å². The molecule has 0 amide bonds. The van der Waals surface area contributed by atoms with Gasteiger partial charge in [0.25, 0.3) is 0 Å². The Hall–Kier alpha value is -3.46. The Labute approximate surface area is 157 Å². The van der Waals surface area contributed by atoms with Gasteiger partial charge in [-0.25, -0.2) is 4.98 Å². The van der Waals surface area contributed by atoms with Gasteiger partial charge in [0, 0.05) is 5.39 Å². The average Bonchev–Trinajstić information content (AvgIpc) is 2.71. The van der Waals surface area contributed by atoms with E-state index < -0.39 is 11.9 Å². The Morgan fingerprint density at radius 3 is 2.48 bits per heavy atom. The molecule has 0 spiro atoms. The molecule has 0 fully saturated rings. The largest absolute Gasteiger partial charge is 0.481 e. The summed E-state index contributed by atoms with van der Waals surface area (Å²) in [5, 5.41) is 12.4. The van der Waals surface area contributed by atoms with Crippen molar-refractivity contribution in [1.29, 1.82) is 0 Å². The summed E-state index contributed by atoms with van der Waals surface area (Å²) in [6.07, 6.45) is 4.05. The molecule has 0 aliphatic rings. The van der Waals surface area contributed by atoms with Crippen LogP contribution in [0.3, 0.4) is 0 Å². The second kappa shape index (κ2) is 7.04. The minimum Gasteiger partial charge on any atom is -0.481 e. The number of aliphatic carboxylic acids is 1. The van der Waals surface area contributed by atoms with E-state index in [-0.39, 0.29) is 0 Å². The van der Waals surface area contributed by atoms with Crippen LogP contribution in [0.25, 0.3) is 33.8 Å². The molecule has 4 aromatic rings. The molecule has 0 aliphatic heterocycles. The Balaban J connectivity index is 1.62. The van der Waals surface area contributed by atoms with E-state index in [1.807, 2.05) is 66.7 Å². The highest BCUT2D eigenvalue weighted by Crippen LogP contribution is 2.24. The maximum atomic E-state index is 11.2. The van der Waals surface area contributed by atoms with Gasteiger partial charge in [-0.05, 0) is 53.1 Å². The molecule has 0 radical (unpaired) electrons. The Bertz CT molecular complexity index is 1180. The lowest BCUT2D eigenvalue weighted by atomic mass is 9.97. The molecule has 1 aromatic heterocycles. The number of pyridine rings is 1. The number of aromatic nitrogens is 1. The van der Waals surface area contributed by atoms with Gasteiger partial charge in [-0.2, -0.15) is 0 Å². The van der Waals surface area contributed by atoms with Gasteiger partial charge in [0.1, 0.15) is 0 Å². The van der Waals surface area contributed by atoms with E-state index in [1.54, 1.807) is 6.92 Å².